The lowest BCUT2D eigenvalue weighted by Crippen LogP contribution is -2.18. The summed E-state index contributed by atoms with van der Waals surface area (Å²) in [4.78, 5) is 12.3. The van der Waals surface area contributed by atoms with E-state index in [1.165, 1.54) is 12.1 Å². The molecule has 6 nitrogen and oxygen atoms in total. The summed E-state index contributed by atoms with van der Waals surface area (Å²) in [7, 11) is 0. The second-order valence-corrected chi connectivity index (χ2v) is 7.90. The molecule has 1 unspecified atom stereocenters. The Kier molecular flexibility index (Phi) is 7.92. The highest BCUT2D eigenvalue weighted by atomic mass is 32.2. The first-order valence-corrected chi connectivity index (χ1v) is 10.8. The fourth-order valence-electron chi connectivity index (χ4n) is 2.98. The first-order chi connectivity index (χ1) is 16.1. The van der Waals surface area contributed by atoms with E-state index in [4.69, 9.17) is 4.74 Å². The molecular weight excluding hydrogens is 479 g/mol. The SMILES string of the molecule is C=CCn1c(SCC(=O)Nc2ccccc2C(F)(F)F)nnc1C(C)Oc1ccc(F)cc1F. The lowest BCUT2D eigenvalue weighted by atomic mass is 10.1. The molecule has 1 heterocycles. The van der Waals surface area contributed by atoms with Gasteiger partial charge in [0.25, 0.3) is 0 Å². The van der Waals surface area contributed by atoms with E-state index in [1.807, 2.05) is 0 Å². The average molecular weight is 498 g/mol. The Bertz CT molecular complexity index is 1180. The van der Waals surface area contributed by atoms with Crippen LogP contribution in [-0.4, -0.2) is 26.4 Å². The molecule has 0 spiro atoms. The number of ether oxygens (including phenoxy) is 1. The van der Waals surface area contributed by atoms with Gasteiger partial charge in [-0.05, 0) is 31.2 Å². The van der Waals surface area contributed by atoms with E-state index in [2.05, 4.69) is 22.1 Å². The zero-order chi connectivity index (χ0) is 24.9. The molecule has 0 saturated heterocycles. The molecular formula is C22H19F5N4O2S. The van der Waals surface area contributed by atoms with Crippen LogP contribution in [0.1, 0.15) is 24.4 Å². The van der Waals surface area contributed by atoms with Crippen molar-refractivity contribution in [1.82, 2.24) is 14.8 Å². The highest BCUT2D eigenvalue weighted by molar-refractivity contribution is 7.99. The molecule has 3 aromatic rings. The fourth-order valence-corrected chi connectivity index (χ4v) is 3.73. The fraction of sp³-hybridized carbons (Fsp3) is 0.227. The number of anilines is 1. The number of allylic oxidation sites excluding steroid dienone is 1. The van der Waals surface area contributed by atoms with E-state index in [1.54, 1.807) is 17.6 Å². The van der Waals surface area contributed by atoms with Gasteiger partial charge in [-0.2, -0.15) is 13.2 Å². The van der Waals surface area contributed by atoms with Gasteiger partial charge >= 0.3 is 6.18 Å². The molecule has 0 aliphatic carbocycles. The van der Waals surface area contributed by atoms with Crippen molar-refractivity contribution in [3.63, 3.8) is 0 Å². The maximum Gasteiger partial charge on any atom is 0.418 e. The van der Waals surface area contributed by atoms with E-state index < -0.39 is 35.4 Å². The van der Waals surface area contributed by atoms with Crippen molar-refractivity contribution in [3.05, 3.63) is 78.1 Å². The van der Waals surface area contributed by atoms with Gasteiger partial charge in [0.1, 0.15) is 5.82 Å². The Morgan fingerprint density at radius 1 is 1.24 bits per heavy atom. The van der Waals surface area contributed by atoms with Crippen LogP contribution in [0.5, 0.6) is 5.75 Å². The highest BCUT2D eigenvalue weighted by Crippen LogP contribution is 2.34. The van der Waals surface area contributed by atoms with Crippen LogP contribution in [0.3, 0.4) is 0 Å². The first-order valence-electron chi connectivity index (χ1n) is 9.84. The minimum atomic E-state index is -4.61. The van der Waals surface area contributed by atoms with Crippen LogP contribution in [0.4, 0.5) is 27.6 Å². The van der Waals surface area contributed by atoms with Crippen molar-refractivity contribution in [3.8, 4) is 5.75 Å². The predicted molar refractivity (Wildman–Crippen MR) is 116 cm³/mol. The summed E-state index contributed by atoms with van der Waals surface area (Å²) in [5.41, 5.74) is -1.30. The number of halogens is 5. The first kappa shape index (κ1) is 25.2. The molecule has 3 rings (SSSR count). The van der Waals surface area contributed by atoms with Crippen LogP contribution in [0.25, 0.3) is 0 Å². The molecule has 34 heavy (non-hydrogen) atoms. The molecule has 0 radical (unpaired) electrons. The Labute approximate surface area is 195 Å². The zero-order valence-electron chi connectivity index (χ0n) is 17.8. The number of carbonyl (C=O) groups excluding carboxylic acids is 1. The molecule has 1 aromatic heterocycles. The lowest BCUT2D eigenvalue weighted by Gasteiger charge is -2.16. The molecule has 0 aliphatic heterocycles. The molecule has 0 bridgehead atoms. The number of aromatic nitrogens is 3. The van der Waals surface area contributed by atoms with Gasteiger partial charge in [-0.15, -0.1) is 16.8 Å². The van der Waals surface area contributed by atoms with Crippen LogP contribution in [-0.2, 0) is 17.5 Å². The third-order valence-corrected chi connectivity index (χ3v) is 5.42. The predicted octanol–water partition coefficient (Wildman–Crippen LogP) is 5.63. The monoisotopic (exact) mass is 498 g/mol. The van der Waals surface area contributed by atoms with E-state index in [-0.39, 0.29) is 34.7 Å². The third kappa shape index (κ3) is 6.13. The third-order valence-electron chi connectivity index (χ3n) is 4.46. The number of thioether (sulfide) groups is 1. The molecule has 12 heteroatoms. The van der Waals surface area contributed by atoms with Gasteiger partial charge in [0.05, 0.1) is 17.0 Å². The number of carbonyl (C=O) groups is 1. The van der Waals surface area contributed by atoms with Crippen molar-refractivity contribution in [2.24, 2.45) is 0 Å². The molecule has 1 amide bonds. The van der Waals surface area contributed by atoms with Crippen LogP contribution < -0.4 is 10.1 Å². The number of benzene rings is 2. The number of nitrogens with one attached hydrogen (secondary N) is 1. The minimum absolute atomic E-state index is 0.182. The van der Waals surface area contributed by atoms with Gasteiger partial charge in [-0.1, -0.05) is 30.0 Å². The normalized spacial score (nSPS) is 12.3. The van der Waals surface area contributed by atoms with Crippen LogP contribution in [0.2, 0.25) is 0 Å². The van der Waals surface area contributed by atoms with Gasteiger partial charge in [0.2, 0.25) is 5.91 Å². The maximum atomic E-state index is 13.9. The van der Waals surface area contributed by atoms with E-state index in [0.717, 1.165) is 36.0 Å². The van der Waals surface area contributed by atoms with Gasteiger partial charge in [0.15, 0.2) is 28.7 Å². The lowest BCUT2D eigenvalue weighted by molar-refractivity contribution is -0.137. The number of amides is 1. The average Bonchev–Trinajstić information content (AvgIpc) is 3.17. The van der Waals surface area contributed by atoms with Crippen molar-refractivity contribution < 1.29 is 31.5 Å². The smallest absolute Gasteiger partial charge is 0.418 e. The summed E-state index contributed by atoms with van der Waals surface area (Å²) in [5.74, 6) is -2.44. The number of para-hydroxylation sites is 1. The summed E-state index contributed by atoms with van der Waals surface area (Å²) in [6, 6.07) is 7.54. The van der Waals surface area contributed by atoms with Crippen molar-refractivity contribution in [2.45, 2.75) is 30.9 Å². The number of hydrogen-bond acceptors (Lipinski definition) is 5. The van der Waals surface area contributed by atoms with E-state index in [9.17, 15) is 26.7 Å². The molecule has 0 aliphatic rings. The minimum Gasteiger partial charge on any atom is -0.480 e. The summed E-state index contributed by atoms with van der Waals surface area (Å²) < 4.78 is 73.5. The van der Waals surface area contributed by atoms with Gasteiger partial charge < -0.3 is 10.1 Å². The second kappa shape index (κ2) is 10.7. The number of nitrogens with zero attached hydrogens (tertiary/aromatic N) is 3. The molecule has 1 atom stereocenters. The van der Waals surface area contributed by atoms with Gasteiger partial charge in [-0.3, -0.25) is 9.36 Å². The zero-order valence-corrected chi connectivity index (χ0v) is 18.6. The topological polar surface area (TPSA) is 69.0 Å². The maximum absolute atomic E-state index is 13.9. The summed E-state index contributed by atoms with van der Waals surface area (Å²) in [5, 5.41) is 10.6. The second-order valence-electron chi connectivity index (χ2n) is 6.96. The largest absolute Gasteiger partial charge is 0.480 e. The summed E-state index contributed by atoms with van der Waals surface area (Å²) in [6.45, 7) is 5.46. The van der Waals surface area contributed by atoms with Crippen LogP contribution in [0, 0.1) is 11.6 Å². The van der Waals surface area contributed by atoms with Gasteiger partial charge in [0, 0.05) is 12.6 Å². The molecule has 0 saturated carbocycles. The van der Waals surface area contributed by atoms with Crippen molar-refractivity contribution >= 4 is 23.4 Å². The molecule has 2 aromatic carbocycles. The Morgan fingerprint density at radius 2 is 1.97 bits per heavy atom. The molecule has 180 valence electrons. The summed E-state index contributed by atoms with van der Waals surface area (Å²) >= 11 is 0.946. The van der Waals surface area contributed by atoms with Gasteiger partial charge in [-0.25, -0.2) is 8.78 Å². The molecule has 0 fully saturated rings. The Hall–Kier alpha value is -3.41. The van der Waals surface area contributed by atoms with Crippen molar-refractivity contribution in [2.75, 3.05) is 11.1 Å². The number of alkyl halides is 3. The Morgan fingerprint density at radius 3 is 2.65 bits per heavy atom. The standard InChI is InChI=1S/C22H19F5N4O2S/c1-3-10-31-20(13(2)33-18-9-8-14(23)11-16(18)24)29-30-21(31)34-12-19(32)28-17-7-5-4-6-15(17)22(25,26)27/h3-9,11,13H,1,10,12H2,2H3,(H,28,32). The molecule has 1 N–H and O–H groups in total. The van der Waals surface area contributed by atoms with Crippen LogP contribution in [0.15, 0.2) is 60.3 Å². The number of rotatable bonds is 9. The van der Waals surface area contributed by atoms with E-state index in [0.29, 0.717) is 6.07 Å². The summed E-state index contributed by atoms with van der Waals surface area (Å²) in [6.07, 6.45) is -3.87. The Balaban J connectivity index is 1.71. The van der Waals surface area contributed by atoms with E-state index >= 15 is 0 Å². The quantitative estimate of drug-likeness (QED) is 0.235. The van der Waals surface area contributed by atoms with Crippen LogP contribution >= 0.6 is 11.8 Å². The van der Waals surface area contributed by atoms with Crippen molar-refractivity contribution in [1.29, 1.82) is 0 Å². The number of hydrogen-bond donors (Lipinski definition) is 1. The highest BCUT2D eigenvalue weighted by Gasteiger charge is 2.33.